The fraction of sp³-hybridized carbons (Fsp3) is 0.273. The molecule has 7 nitrogen and oxygen atoms in total. The summed E-state index contributed by atoms with van der Waals surface area (Å²) in [6.45, 7) is 6.96. The lowest BCUT2D eigenvalue weighted by Gasteiger charge is -2.08. The number of aromatic nitrogens is 2. The first kappa shape index (κ1) is 21.7. The lowest BCUT2D eigenvalue weighted by atomic mass is 10.1. The molecule has 1 aromatic heterocycles. The number of nitrogens with zero attached hydrogens (tertiary/aromatic N) is 2. The third kappa shape index (κ3) is 4.95. The van der Waals surface area contributed by atoms with Gasteiger partial charge in [0.1, 0.15) is 0 Å². The van der Waals surface area contributed by atoms with Crippen LogP contribution in [0.1, 0.15) is 39.8 Å². The first-order valence-corrected chi connectivity index (χ1v) is 11.2. The van der Waals surface area contributed by atoms with Crippen LogP contribution in [0.25, 0.3) is 0 Å². The van der Waals surface area contributed by atoms with Crippen molar-refractivity contribution in [2.75, 3.05) is 6.54 Å². The molecule has 0 aliphatic heterocycles. The Morgan fingerprint density at radius 3 is 2.33 bits per heavy atom. The van der Waals surface area contributed by atoms with E-state index in [1.807, 2.05) is 36.7 Å². The van der Waals surface area contributed by atoms with E-state index in [4.69, 9.17) is 0 Å². The first-order valence-electron chi connectivity index (χ1n) is 9.76. The molecule has 3 rings (SSSR count). The van der Waals surface area contributed by atoms with Crippen LogP contribution in [-0.2, 0) is 23.1 Å². The van der Waals surface area contributed by atoms with Crippen molar-refractivity contribution >= 4 is 15.9 Å². The normalized spacial score (nSPS) is 11.4. The van der Waals surface area contributed by atoms with Crippen molar-refractivity contribution in [3.63, 3.8) is 0 Å². The molecule has 0 radical (unpaired) electrons. The van der Waals surface area contributed by atoms with Gasteiger partial charge < -0.3 is 5.32 Å². The smallest absolute Gasteiger partial charge is 0.251 e. The van der Waals surface area contributed by atoms with Crippen LogP contribution in [0.15, 0.2) is 59.5 Å². The molecule has 0 spiro atoms. The zero-order valence-corrected chi connectivity index (χ0v) is 18.2. The molecule has 158 valence electrons. The van der Waals surface area contributed by atoms with Gasteiger partial charge in [-0.05, 0) is 43.7 Å². The highest BCUT2D eigenvalue weighted by Crippen LogP contribution is 2.15. The van der Waals surface area contributed by atoms with Crippen molar-refractivity contribution in [2.24, 2.45) is 0 Å². The van der Waals surface area contributed by atoms with Gasteiger partial charge in [0, 0.05) is 29.9 Å². The second-order valence-corrected chi connectivity index (χ2v) is 8.77. The van der Waals surface area contributed by atoms with Gasteiger partial charge in [0.25, 0.3) is 5.91 Å². The fourth-order valence-electron chi connectivity index (χ4n) is 3.23. The Bertz CT molecular complexity index is 1120. The molecule has 1 amide bonds. The van der Waals surface area contributed by atoms with Gasteiger partial charge in [-0.3, -0.25) is 9.48 Å². The number of amides is 1. The average Bonchev–Trinajstić information content (AvgIpc) is 2.99. The summed E-state index contributed by atoms with van der Waals surface area (Å²) < 4.78 is 28.4. The molecule has 2 aromatic carbocycles. The number of rotatable bonds is 8. The van der Waals surface area contributed by atoms with Crippen LogP contribution in [0.4, 0.5) is 0 Å². The molecule has 3 aromatic rings. The van der Waals surface area contributed by atoms with Crippen LogP contribution in [0.3, 0.4) is 0 Å². The minimum absolute atomic E-state index is 0.134. The number of sulfonamides is 1. The first-order chi connectivity index (χ1) is 14.3. The molecule has 0 aliphatic carbocycles. The Hall–Kier alpha value is -2.97. The van der Waals surface area contributed by atoms with Crippen molar-refractivity contribution in [2.45, 2.75) is 38.8 Å². The highest BCUT2D eigenvalue weighted by atomic mass is 32.2. The Balaban J connectivity index is 1.67. The molecule has 0 unspecified atom stereocenters. The second kappa shape index (κ2) is 9.23. The third-order valence-corrected chi connectivity index (χ3v) is 6.45. The van der Waals surface area contributed by atoms with E-state index in [1.54, 1.807) is 6.92 Å². The van der Waals surface area contributed by atoms with Crippen molar-refractivity contribution in [1.29, 1.82) is 0 Å². The van der Waals surface area contributed by atoms with Crippen LogP contribution in [0, 0.1) is 13.8 Å². The number of hydrogen-bond donors (Lipinski definition) is 2. The van der Waals surface area contributed by atoms with Crippen LogP contribution < -0.4 is 10.0 Å². The number of nitrogens with one attached hydrogen (secondary N) is 2. The summed E-state index contributed by atoms with van der Waals surface area (Å²) >= 11 is 0. The van der Waals surface area contributed by atoms with E-state index in [0.717, 1.165) is 22.5 Å². The van der Waals surface area contributed by atoms with Gasteiger partial charge >= 0.3 is 0 Å². The molecule has 1 heterocycles. The summed E-state index contributed by atoms with van der Waals surface area (Å²) in [5.74, 6) is -0.267. The lowest BCUT2D eigenvalue weighted by Crippen LogP contribution is -2.25. The van der Waals surface area contributed by atoms with E-state index in [-0.39, 0.29) is 10.8 Å². The van der Waals surface area contributed by atoms with Gasteiger partial charge in [-0.2, -0.15) is 5.10 Å². The van der Waals surface area contributed by atoms with E-state index in [2.05, 4.69) is 27.3 Å². The average molecular weight is 427 g/mol. The van der Waals surface area contributed by atoms with E-state index >= 15 is 0 Å². The number of carbonyl (C=O) groups is 1. The summed E-state index contributed by atoms with van der Waals surface area (Å²) in [5, 5.41) is 7.50. The van der Waals surface area contributed by atoms with Gasteiger partial charge in [-0.1, -0.05) is 37.3 Å². The molecule has 0 bridgehead atoms. The quantitative estimate of drug-likeness (QED) is 0.579. The van der Waals surface area contributed by atoms with Crippen LogP contribution >= 0.6 is 0 Å². The van der Waals surface area contributed by atoms with E-state index < -0.39 is 10.0 Å². The maximum absolute atomic E-state index is 12.5. The van der Waals surface area contributed by atoms with Crippen LogP contribution in [0.2, 0.25) is 0 Å². The molecule has 0 aliphatic rings. The SMILES string of the molecule is CCNS(=O)(=O)c1ccc(C(=O)NCc2c(C)nn(Cc3ccccc3)c2C)cc1. The summed E-state index contributed by atoms with van der Waals surface area (Å²) in [7, 11) is -3.54. The minimum atomic E-state index is -3.54. The topological polar surface area (TPSA) is 93.1 Å². The largest absolute Gasteiger partial charge is 0.348 e. The molecule has 0 saturated heterocycles. The van der Waals surface area contributed by atoms with Gasteiger partial charge in [0.05, 0.1) is 17.1 Å². The number of aryl methyl sites for hydroxylation is 1. The Morgan fingerprint density at radius 2 is 1.70 bits per heavy atom. The van der Waals surface area contributed by atoms with Crippen molar-refractivity contribution in [1.82, 2.24) is 19.8 Å². The van der Waals surface area contributed by atoms with E-state index in [0.29, 0.717) is 25.2 Å². The molecule has 30 heavy (non-hydrogen) atoms. The summed E-state index contributed by atoms with van der Waals surface area (Å²) in [5.41, 5.74) is 4.41. The van der Waals surface area contributed by atoms with Gasteiger partial charge in [0.15, 0.2) is 0 Å². The molecular weight excluding hydrogens is 400 g/mol. The van der Waals surface area contributed by atoms with Gasteiger partial charge in [-0.25, -0.2) is 13.1 Å². The zero-order chi connectivity index (χ0) is 21.7. The number of hydrogen-bond acceptors (Lipinski definition) is 4. The highest BCUT2D eigenvalue weighted by molar-refractivity contribution is 7.89. The molecule has 8 heteroatoms. The predicted molar refractivity (Wildman–Crippen MR) is 116 cm³/mol. The molecule has 0 saturated carbocycles. The van der Waals surface area contributed by atoms with Crippen molar-refractivity contribution in [3.8, 4) is 0 Å². The zero-order valence-electron chi connectivity index (χ0n) is 17.3. The van der Waals surface area contributed by atoms with Crippen molar-refractivity contribution < 1.29 is 13.2 Å². The summed E-state index contributed by atoms with van der Waals surface area (Å²) in [6, 6.07) is 16.0. The standard InChI is InChI=1S/C22H26N4O3S/c1-4-24-30(28,29)20-12-10-19(11-13-20)22(27)23-14-21-16(2)25-26(17(21)3)15-18-8-6-5-7-9-18/h5-13,24H,4,14-15H2,1-3H3,(H,23,27). The summed E-state index contributed by atoms with van der Waals surface area (Å²) in [4.78, 5) is 12.7. The number of carbonyl (C=O) groups excluding carboxylic acids is 1. The summed E-state index contributed by atoms with van der Waals surface area (Å²) in [6.07, 6.45) is 0. The monoisotopic (exact) mass is 426 g/mol. The molecular formula is C22H26N4O3S. The molecule has 2 N–H and O–H groups in total. The third-order valence-electron chi connectivity index (χ3n) is 4.89. The predicted octanol–water partition coefficient (Wildman–Crippen LogP) is 2.78. The van der Waals surface area contributed by atoms with Crippen LogP contribution in [0.5, 0.6) is 0 Å². The molecule has 0 atom stereocenters. The van der Waals surface area contributed by atoms with E-state index in [9.17, 15) is 13.2 Å². The maximum Gasteiger partial charge on any atom is 0.251 e. The Labute approximate surface area is 177 Å². The molecule has 0 fully saturated rings. The van der Waals surface area contributed by atoms with Gasteiger partial charge in [0.2, 0.25) is 10.0 Å². The number of benzene rings is 2. The maximum atomic E-state index is 12.5. The van der Waals surface area contributed by atoms with Gasteiger partial charge in [-0.15, -0.1) is 0 Å². The Kier molecular flexibility index (Phi) is 6.69. The fourth-order valence-corrected chi connectivity index (χ4v) is 4.27. The highest BCUT2D eigenvalue weighted by Gasteiger charge is 2.16. The lowest BCUT2D eigenvalue weighted by molar-refractivity contribution is 0.0950. The minimum Gasteiger partial charge on any atom is -0.348 e. The van der Waals surface area contributed by atoms with Crippen LogP contribution in [-0.4, -0.2) is 30.7 Å². The van der Waals surface area contributed by atoms with Crippen molar-refractivity contribution in [3.05, 3.63) is 82.7 Å². The second-order valence-electron chi connectivity index (χ2n) is 7.00. The Morgan fingerprint density at radius 1 is 1.03 bits per heavy atom. The van der Waals surface area contributed by atoms with E-state index in [1.165, 1.54) is 24.3 Å².